The van der Waals surface area contributed by atoms with Gasteiger partial charge in [-0.2, -0.15) is 0 Å². The molecular formula is C15H13ClO4. The van der Waals surface area contributed by atoms with E-state index in [0.717, 1.165) is 0 Å². The summed E-state index contributed by atoms with van der Waals surface area (Å²) in [5.74, 6) is 0.240. The molecule has 2 aromatic rings. The van der Waals surface area contributed by atoms with Crippen molar-refractivity contribution in [2.24, 2.45) is 0 Å². The Morgan fingerprint density at radius 3 is 2.50 bits per heavy atom. The molecule has 2 rings (SSSR count). The van der Waals surface area contributed by atoms with Gasteiger partial charge >= 0.3 is 0 Å². The molecule has 0 saturated carbocycles. The molecule has 0 amide bonds. The zero-order valence-corrected chi connectivity index (χ0v) is 11.8. The van der Waals surface area contributed by atoms with Gasteiger partial charge in [0.15, 0.2) is 11.5 Å². The predicted octanol–water partition coefficient (Wildman–Crippen LogP) is 3.29. The molecule has 0 aliphatic heterocycles. The number of benzene rings is 2. The molecule has 0 heterocycles. The van der Waals surface area contributed by atoms with E-state index in [1.54, 1.807) is 18.2 Å². The number of carbonyl (C=O) groups is 1. The Hall–Kier alpha value is -2.20. The molecule has 2 aromatic carbocycles. The zero-order chi connectivity index (χ0) is 14.7. The molecule has 0 atom stereocenters. The first-order chi connectivity index (χ1) is 9.58. The lowest BCUT2D eigenvalue weighted by Gasteiger charge is -2.12. The maximum Gasteiger partial charge on any atom is 0.200 e. The van der Waals surface area contributed by atoms with Crippen LogP contribution in [0, 0.1) is 0 Å². The molecule has 4 nitrogen and oxygen atoms in total. The van der Waals surface area contributed by atoms with Crippen LogP contribution in [0.3, 0.4) is 0 Å². The summed E-state index contributed by atoms with van der Waals surface area (Å²) >= 11 is 5.86. The van der Waals surface area contributed by atoms with Gasteiger partial charge in [0.25, 0.3) is 0 Å². The molecule has 0 unspecified atom stereocenters. The van der Waals surface area contributed by atoms with Crippen molar-refractivity contribution in [1.82, 2.24) is 0 Å². The van der Waals surface area contributed by atoms with Gasteiger partial charge in [0.05, 0.1) is 25.3 Å². The SMILES string of the molecule is COc1cccc(C(=O)c2cc(Cl)ccc2O)c1OC. The fourth-order valence-electron chi connectivity index (χ4n) is 1.90. The highest BCUT2D eigenvalue weighted by Gasteiger charge is 2.20. The molecule has 0 aliphatic carbocycles. The summed E-state index contributed by atoms with van der Waals surface area (Å²) in [5, 5.41) is 10.2. The van der Waals surface area contributed by atoms with Crippen LogP contribution in [0.15, 0.2) is 36.4 Å². The van der Waals surface area contributed by atoms with Gasteiger partial charge in [-0.3, -0.25) is 4.79 Å². The van der Waals surface area contributed by atoms with Gasteiger partial charge in [0.1, 0.15) is 5.75 Å². The standard InChI is InChI=1S/C15H13ClO4/c1-19-13-5-3-4-10(15(13)20-2)14(18)11-8-9(16)6-7-12(11)17/h3-8,17H,1-2H3. The summed E-state index contributed by atoms with van der Waals surface area (Å²) in [4.78, 5) is 12.5. The number of para-hydroxylation sites is 1. The van der Waals surface area contributed by atoms with E-state index in [9.17, 15) is 9.90 Å². The summed E-state index contributed by atoms with van der Waals surface area (Å²) in [5.41, 5.74) is 0.411. The lowest BCUT2D eigenvalue weighted by atomic mass is 10.0. The molecule has 0 aliphatic rings. The largest absolute Gasteiger partial charge is 0.507 e. The van der Waals surface area contributed by atoms with E-state index in [-0.39, 0.29) is 17.1 Å². The first-order valence-electron chi connectivity index (χ1n) is 5.82. The van der Waals surface area contributed by atoms with E-state index in [1.165, 1.54) is 32.4 Å². The molecule has 104 valence electrons. The maximum atomic E-state index is 12.5. The smallest absolute Gasteiger partial charge is 0.200 e. The van der Waals surface area contributed by atoms with Gasteiger partial charge in [-0.1, -0.05) is 17.7 Å². The summed E-state index contributed by atoms with van der Waals surface area (Å²) in [6.45, 7) is 0. The van der Waals surface area contributed by atoms with E-state index in [2.05, 4.69) is 0 Å². The van der Waals surface area contributed by atoms with Crippen LogP contribution in [0.4, 0.5) is 0 Å². The Morgan fingerprint density at radius 1 is 1.10 bits per heavy atom. The lowest BCUT2D eigenvalue weighted by Crippen LogP contribution is -2.05. The molecule has 1 N–H and O–H groups in total. The number of phenolic OH excluding ortho intramolecular Hbond substituents is 1. The van der Waals surface area contributed by atoms with Gasteiger partial charge in [-0.15, -0.1) is 0 Å². The Balaban J connectivity index is 2.56. The average Bonchev–Trinajstić information content (AvgIpc) is 2.48. The molecule has 0 aromatic heterocycles. The number of halogens is 1. The van der Waals surface area contributed by atoms with Gasteiger partial charge in [0, 0.05) is 5.02 Å². The maximum absolute atomic E-state index is 12.5. The van der Waals surface area contributed by atoms with Crippen LogP contribution in [-0.4, -0.2) is 25.1 Å². The summed E-state index contributed by atoms with van der Waals surface area (Å²) < 4.78 is 10.4. The highest BCUT2D eigenvalue weighted by Crippen LogP contribution is 2.34. The normalized spacial score (nSPS) is 10.2. The van der Waals surface area contributed by atoms with E-state index >= 15 is 0 Å². The second-order valence-electron chi connectivity index (χ2n) is 4.03. The highest BCUT2D eigenvalue weighted by atomic mass is 35.5. The number of aromatic hydroxyl groups is 1. The van der Waals surface area contributed by atoms with Crippen molar-refractivity contribution in [3.63, 3.8) is 0 Å². The van der Waals surface area contributed by atoms with Crippen molar-refractivity contribution in [3.8, 4) is 17.2 Å². The molecule has 0 spiro atoms. The van der Waals surface area contributed by atoms with E-state index < -0.39 is 0 Å². The highest BCUT2D eigenvalue weighted by molar-refractivity contribution is 6.31. The Morgan fingerprint density at radius 2 is 1.85 bits per heavy atom. The third-order valence-electron chi connectivity index (χ3n) is 2.85. The van der Waals surface area contributed by atoms with Crippen LogP contribution >= 0.6 is 11.6 Å². The number of hydrogen-bond acceptors (Lipinski definition) is 4. The minimum Gasteiger partial charge on any atom is -0.507 e. The van der Waals surface area contributed by atoms with Crippen molar-refractivity contribution in [2.45, 2.75) is 0 Å². The Bertz CT molecular complexity index is 652. The molecule has 0 saturated heterocycles. The van der Waals surface area contributed by atoms with Gasteiger partial charge in [-0.05, 0) is 30.3 Å². The van der Waals surface area contributed by atoms with Crippen molar-refractivity contribution in [2.75, 3.05) is 14.2 Å². The molecule has 20 heavy (non-hydrogen) atoms. The minimum absolute atomic E-state index is 0.115. The van der Waals surface area contributed by atoms with Crippen LogP contribution in [-0.2, 0) is 0 Å². The second kappa shape index (κ2) is 5.84. The number of rotatable bonds is 4. The molecule has 0 fully saturated rings. The van der Waals surface area contributed by atoms with Crippen LogP contribution < -0.4 is 9.47 Å². The molecule has 5 heteroatoms. The first-order valence-corrected chi connectivity index (χ1v) is 6.20. The molecule has 0 bridgehead atoms. The number of carbonyl (C=O) groups excluding carboxylic acids is 1. The summed E-state index contributed by atoms with van der Waals surface area (Å²) in [6, 6.07) is 9.27. The van der Waals surface area contributed by atoms with Crippen LogP contribution in [0.2, 0.25) is 5.02 Å². The van der Waals surface area contributed by atoms with Gasteiger partial charge in [0.2, 0.25) is 5.78 Å². The van der Waals surface area contributed by atoms with Gasteiger partial charge in [-0.25, -0.2) is 0 Å². The topological polar surface area (TPSA) is 55.8 Å². The number of hydrogen-bond donors (Lipinski definition) is 1. The predicted molar refractivity (Wildman–Crippen MR) is 76.1 cm³/mol. The van der Waals surface area contributed by atoms with Crippen molar-refractivity contribution >= 4 is 17.4 Å². The lowest BCUT2D eigenvalue weighted by molar-refractivity contribution is 0.103. The fraction of sp³-hybridized carbons (Fsp3) is 0.133. The number of methoxy groups -OCH3 is 2. The molecular weight excluding hydrogens is 280 g/mol. The Kier molecular flexibility index (Phi) is 4.15. The van der Waals surface area contributed by atoms with E-state index in [4.69, 9.17) is 21.1 Å². The number of phenols is 1. The Labute approximate surface area is 121 Å². The van der Waals surface area contributed by atoms with Crippen LogP contribution in [0.25, 0.3) is 0 Å². The van der Waals surface area contributed by atoms with Crippen LogP contribution in [0.1, 0.15) is 15.9 Å². The van der Waals surface area contributed by atoms with Crippen LogP contribution in [0.5, 0.6) is 17.2 Å². The summed E-state index contributed by atoms with van der Waals surface area (Å²) in [7, 11) is 2.94. The third kappa shape index (κ3) is 2.56. The second-order valence-corrected chi connectivity index (χ2v) is 4.47. The van der Waals surface area contributed by atoms with Gasteiger partial charge < -0.3 is 14.6 Å². The number of ketones is 1. The first kappa shape index (κ1) is 14.2. The zero-order valence-electron chi connectivity index (χ0n) is 11.0. The van der Waals surface area contributed by atoms with E-state index in [1.807, 2.05) is 0 Å². The van der Waals surface area contributed by atoms with Crippen molar-refractivity contribution in [3.05, 3.63) is 52.5 Å². The summed E-state index contributed by atoms with van der Waals surface area (Å²) in [6.07, 6.45) is 0. The number of ether oxygens (including phenoxy) is 2. The quantitative estimate of drug-likeness (QED) is 0.879. The van der Waals surface area contributed by atoms with Crippen molar-refractivity contribution in [1.29, 1.82) is 0 Å². The van der Waals surface area contributed by atoms with Crippen molar-refractivity contribution < 1.29 is 19.4 Å². The fourth-order valence-corrected chi connectivity index (χ4v) is 2.07. The van der Waals surface area contributed by atoms with E-state index in [0.29, 0.717) is 22.1 Å². The third-order valence-corrected chi connectivity index (χ3v) is 3.09. The monoisotopic (exact) mass is 292 g/mol. The minimum atomic E-state index is -0.388. The average molecular weight is 293 g/mol. The molecule has 0 radical (unpaired) electrons.